The third kappa shape index (κ3) is 3.10. The quantitative estimate of drug-likeness (QED) is 0.912. The van der Waals surface area contributed by atoms with E-state index in [-0.39, 0.29) is 15.9 Å². The van der Waals surface area contributed by atoms with Crippen molar-refractivity contribution in [1.82, 2.24) is 4.98 Å². The molecule has 2 aromatic rings. The molecule has 7 heteroatoms. The number of amides is 1. The number of carboxylic acids is 1. The lowest BCUT2D eigenvalue weighted by Gasteiger charge is -2.08. The van der Waals surface area contributed by atoms with Crippen LogP contribution in [0.2, 0.25) is 4.47 Å². The van der Waals surface area contributed by atoms with Gasteiger partial charge >= 0.3 is 5.97 Å². The van der Waals surface area contributed by atoms with Gasteiger partial charge in [-0.25, -0.2) is 9.78 Å². The second kappa shape index (κ2) is 5.38. The van der Waals surface area contributed by atoms with Crippen molar-refractivity contribution in [1.29, 1.82) is 0 Å². The number of hydrogen-bond donors (Lipinski definition) is 2. The third-order valence-electron chi connectivity index (χ3n) is 2.43. The molecule has 0 atom stereocenters. The topological polar surface area (TPSA) is 79.3 Å². The Labute approximate surface area is 117 Å². The number of aromatic carboxylic acids is 1. The Kier molecular flexibility index (Phi) is 3.82. The van der Waals surface area contributed by atoms with E-state index in [9.17, 15) is 9.59 Å². The molecule has 1 aromatic heterocycles. The number of nitrogens with zero attached hydrogens (tertiary/aromatic N) is 1. The van der Waals surface area contributed by atoms with E-state index in [4.69, 9.17) is 16.7 Å². The predicted octanol–water partition coefficient (Wildman–Crippen LogP) is 3.06. The number of carbonyl (C=O) groups is 2. The van der Waals surface area contributed by atoms with Gasteiger partial charge in [-0.2, -0.15) is 0 Å². The molecule has 0 unspecified atom stereocenters. The zero-order valence-electron chi connectivity index (χ0n) is 9.81. The molecule has 0 fully saturated rings. The second-order valence-corrected chi connectivity index (χ2v) is 5.38. The summed E-state index contributed by atoms with van der Waals surface area (Å²) in [6, 6.07) is 4.54. The highest BCUT2D eigenvalue weighted by Gasteiger charge is 2.13. The van der Waals surface area contributed by atoms with E-state index in [0.29, 0.717) is 10.6 Å². The molecule has 1 amide bonds. The molecule has 0 bridgehead atoms. The number of hydrogen-bond acceptors (Lipinski definition) is 4. The van der Waals surface area contributed by atoms with Crippen molar-refractivity contribution < 1.29 is 14.7 Å². The number of halogens is 1. The van der Waals surface area contributed by atoms with Crippen LogP contribution in [0.1, 0.15) is 25.6 Å². The first-order valence-electron chi connectivity index (χ1n) is 5.24. The summed E-state index contributed by atoms with van der Waals surface area (Å²) in [7, 11) is 0. The number of benzene rings is 1. The Balaban J connectivity index is 2.25. The largest absolute Gasteiger partial charge is 0.478 e. The van der Waals surface area contributed by atoms with E-state index >= 15 is 0 Å². The number of carboxylic acid groups (broad SMARTS) is 1. The van der Waals surface area contributed by atoms with Gasteiger partial charge in [-0.15, -0.1) is 0 Å². The highest BCUT2D eigenvalue weighted by atomic mass is 35.5. The van der Waals surface area contributed by atoms with Gasteiger partial charge in [0, 0.05) is 5.69 Å². The fourth-order valence-electron chi connectivity index (χ4n) is 1.43. The fourth-order valence-corrected chi connectivity index (χ4v) is 2.27. The molecule has 19 heavy (non-hydrogen) atoms. The maximum atomic E-state index is 11.9. The molecule has 1 aromatic carbocycles. The highest BCUT2D eigenvalue weighted by molar-refractivity contribution is 7.17. The first-order chi connectivity index (χ1) is 8.97. The maximum Gasteiger partial charge on any atom is 0.335 e. The summed E-state index contributed by atoms with van der Waals surface area (Å²) in [5.41, 5.74) is 1.34. The molecular formula is C12H9ClN2O3S. The number of aryl methyl sites for hydroxylation is 1. The molecule has 0 radical (unpaired) electrons. The van der Waals surface area contributed by atoms with Crippen molar-refractivity contribution in [2.45, 2.75) is 6.92 Å². The van der Waals surface area contributed by atoms with Gasteiger partial charge in [0.2, 0.25) is 0 Å². The first kappa shape index (κ1) is 13.5. The summed E-state index contributed by atoms with van der Waals surface area (Å²) >= 11 is 6.71. The highest BCUT2D eigenvalue weighted by Crippen LogP contribution is 2.21. The van der Waals surface area contributed by atoms with Crippen LogP contribution in [0, 0.1) is 6.92 Å². The lowest BCUT2D eigenvalue weighted by Crippen LogP contribution is -2.12. The van der Waals surface area contributed by atoms with E-state index < -0.39 is 5.97 Å². The van der Waals surface area contributed by atoms with Gasteiger partial charge < -0.3 is 10.4 Å². The zero-order valence-corrected chi connectivity index (χ0v) is 11.4. The molecule has 2 rings (SSSR count). The van der Waals surface area contributed by atoms with Crippen LogP contribution < -0.4 is 5.32 Å². The number of rotatable bonds is 3. The van der Waals surface area contributed by atoms with Gasteiger partial charge in [-0.1, -0.05) is 29.0 Å². The van der Waals surface area contributed by atoms with E-state index in [1.807, 2.05) is 0 Å². The molecule has 2 N–H and O–H groups in total. The summed E-state index contributed by atoms with van der Waals surface area (Å²) < 4.78 is 0.279. The fraction of sp³-hybridized carbons (Fsp3) is 0.0833. The summed E-state index contributed by atoms with van der Waals surface area (Å²) in [6.07, 6.45) is 1.37. The van der Waals surface area contributed by atoms with Crippen molar-refractivity contribution in [2.75, 3.05) is 5.32 Å². The summed E-state index contributed by atoms with van der Waals surface area (Å²) in [5.74, 6) is -1.41. The lowest BCUT2D eigenvalue weighted by atomic mass is 10.1. The molecule has 1 heterocycles. The standard InChI is InChI=1S/C12H9ClN2O3S/c1-6-2-3-7(11(17)18)4-8(6)15-10(16)9-5-14-12(13)19-9/h2-5H,1H3,(H,15,16)(H,17,18). The third-order valence-corrected chi connectivity index (χ3v) is 3.55. The van der Waals surface area contributed by atoms with Crippen LogP contribution in [0.5, 0.6) is 0 Å². The number of nitrogens with one attached hydrogen (secondary N) is 1. The van der Waals surface area contributed by atoms with E-state index in [2.05, 4.69) is 10.3 Å². The minimum atomic E-state index is -1.05. The van der Waals surface area contributed by atoms with E-state index in [1.165, 1.54) is 18.3 Å². The monoisotopic (exact) mass is 296 g/mol. The molecule has 0 saturated heterocycles. The molecule has 0 aliphatic heterocycles. The minimum absolute atomic E-state index is 0.114. The van der Waals surface area contributed by atoms with E-state index in [0.717, 1.165) is 16.9 Å². The van der Waals surface area contributed by atoms with Crippen LogP contribution in [-0.2, 0) is 0 Å². The molecular weight excluding hydrogens is 288 g/mol. The van der Waals surface area contributed by atoms with Gasteiger partial charge in [-0.05, 0) is 24.6 Å². The Hall–Kier alpha value is -1.92. The van der Waals surface area contributed by atoms with Crippen LogP contribution in [0.3, 0.4) is 0 Å². The van der Waals surface area contributed by atoms with Crippen LogP contribution in [-0.4, -0.2) is 22.0 Å². The SMILES string of the molecule is Cc1ccc(C(=O)O)cc1NC(=O)c1cnc(Cl)s1. The molecule has 0 aliphatic carbocycles. The lowest BCUT2D eigenvalue weighted by molar-refractivity contribution is 0.0696. The average Bonchev–Trinajstić information content (AvgIpc) is 2.78. The maximum absolute atomic E-state index is 11.9. The van der Waals surface area contributed by atoms with Gasteiger partial charge in [-0.3, -0.25) is 4.79 Å². The summed E-state index contributed by atoms with van der Waals surface area (Å²) in [4.78, 5) is 26.9. The Morgan fingerprint density at radius 3 is 2.74 bits per heavy atom. The zero-order chi connectivity index (χ0) is 14.0. The number of anilines is 1. The molecule has 5 nitrogen and oxygen atoms in total. The first-order valence-corrected chi connectivity index (χ1v) is 6.43. The normalized spacial score (nSPS) is 10.2. The van der Waals surface area contributed by atoms with Gasteiger partial charge in [0.15, 0.2) is 4.47 Å². The molecule has 0 saturated carbocycles. The molecule has 98 valence electrons. The van der Waals surface area contributed by atoms with Crippen molar-refractivity contribution in [3.05, 3.63) is 44.9 Å². The van der Waals surface area contributed by atoms with Crippen molar-refractivity contribution in [3.63, 3.8) is 0 Å². The second-order valence-electron chi connectivity index (χ2n) is 3.77. The Bertz CT molecular complexity index is 654. The van der Waals surface area contributed by atoms with E-state index in [1.54, 1.807) is 13.0 Å². The molecule has 0 spiro atoms. The van der Waals surface area contributed by atoms with Crippen molar-refractivity contribution >= 4 is 40.5 Å². The Morgan fingerprint density at radius 2 is 2.16 bits per heavy atom. The summed E-state index contributed by atoms with van der Waals surface area (Å²) in [5, 5.41) is 11.6. The summed E-state index contributed by atoms with van der Waals surface area (Å²) in [6.45, 7) is 1.78. The van der Waals surface area contributed by atoms with Gasteiger partial charge in [0.25, 0.3) is 5.91 Å². The smallest absolute Gasteiger partial charge is 0.335 e. The van der Waals surface area contributed by atoms with Crippen LogP contribution >= 0.6 is 22.9 Å². The Morgan fingerprint density at radius 1 is 1.42 bits per heavy atom. The number of aromatic nitrogens is 1. The minimum Gasteiger partial charge on any atom is -0.478 e. The predicted molar refractivity (Wildman–Crippen MR) is 73.2 cm³/mol. The average molecular weight is 297 g/mol. The number of carbonyl (C=O) groups excluding carboxylic acids is 1. The van der Waals surface area contributed by atoms with Crippen LogP contribution in [0.15, 0.2) is 24.4 Å². The van der Waals surface area contributed by atoms with Gasteiger partial charge in [0.1, 0.15) is 4.88 Å². The van der Waals surface area contributed by atoms with Gasteiger partial charge in [0.05, 0.1) is 11.8 Å². The van der Waals surface area contributed by atoms with Crippen molar-refractivity contribution in [2.24, 2.45) is 0 Å². The number of thiazole rings is 1. The van der Waals surface area contributed by atoms with Crippen LogP contribution in [0.25, 0.3) is 0 Å². The van der Waals surface area contributed by atoms with Crippen LogP contribution in [0.4, 0.5) is 5.69 Å². The van der Waals surface area contributed by atoms with Crippen molar-refractivity contribution in [3.8, 4) is 0 Å². The molecule has 0 aliphatic rings.